The van der Waals surface area contributed by atoms with Crippen LogP contribution in [0.5, 0.6) is 5.75 Å². The molecule has 26 heavy (non-hydrogen) atoms. The zero-order valence-electron chi connectivity index (χ0n) is 15.5. The van der Waals surface area contributed by atoms with E-state index in [9.17, 15) is 9.59 Å². The molecule has 0 unspecified atom stereocenters. The third-order valence-electron chi connectivity index (χ3n) is 3.94. The third-order valence-corrected chi connectivity index (χ3v) is 3.94. The van der Waals surface area contributed by atoms with Gasteiger partial charge in [-0.3, -0.25) is 9.59 Å². The van der Waals surface area contributed by atoms with Crippen LogP contribution >= 0.6 is 0 Å². The van der Waals surface area contributed by atoms with Crippen LogP contribution in [0.15, 0.2) is 48.5 Å². The van der Waals surface area contributed by atoms with Crippen LogP contribution in [0.4, 0.5) is 0 Å². The Balaban J connectivity index is 1.84. The molecule has 2 aromatic carbocycles. The van der Waals surface area contributed by atoms with Crippen LogP contribution in [0.25, 0.3) is 6.08 Å². The highest BCUT2D eigenvalue weighted by molar-refractivity contribution is 5.91. The molecule has 136 valence electrons. The minimum atomic E-state index is -0.339. The first-order chi connectivity index (χ1) is 12.5. The Labute approximate surface area is 154 Å². The van der Waals surface area contributed by atoms with Crippen LogP contribution in [0.3, 0.4) is 0 Å². The van der Waals surface area contributed by atoms with Gasteiger partial charge in [0.05, 0.1) is 0 Å². The second-order valence-corrected chi connectivity index (χ2v) is 6.29. The number of hydrogen-bond acceptors (Lipinski definition) is 3. The van der Waals surface area contributed by atoms with Crippen LogP contribution in [0.1, 0.15) is 35.6 Å². The van der Waals surface area contributed by atoms with Crippen molar-refractivity contribution >= 4 is 18.0 Å². The Morgan fingerprint density at radius 1 is 1.08 bits per heavy atom. The van der Waals surface area contributed by atoms with Crippen LogP contribution in [-0.4, -0.2) is 18.4 Å². The summed E-state index contributed by atoms with van der Waals surface area (Å²) in [6.07, 6.45) is 5.14. The molecule has 0 atom stereocenters. The minimum Gasteiger partial charge on any atom is -0.426 e. The van der Waals surface area contributed by atoms with Crippen LogP contribution in [-0.2, 0) is 16.0 Å². The molecule has 0 radical (unpaired) electrons. The molecule has 1 N–H and O–H groups in total. The quantitative estimate of drug-likeness (QED) is 0.355. The largest absolute Gasteiger partial charge is 0.426 e. The monoisotopic (exact) mass is 351 g/mol. The number of esters is 1. The van der Waals surface area contributed by atoms with E-state index in [0.717, 1.165) is 29.5 Å². The molecule has 0 saturated heterocycles. The van der Waals surface area contributed by atoms with Gasteiger partial charge in [0, 0.05) is 19.5 Å². The molecule has 0 aliphatic rings. The van der Waals surface area contributed by atoms with Gasteiger partial charge in [-0.1, -0.05) is 30.3 Å². The second kappa shape index (κ2) is 9.56. The molecule has 2 aromatic rings. The number of amides is 1. The Morgan fingerprint density at radius 2 is 1.73 bits per heavy atom. The highest BCUT2D eigenvalue weighted by Crippen LogP contribution is 2.25. The number of carbonyl (C=O) groups excluding carboxylic acids is 2. The fourth-order valence-corrected chi connectivity index (χ4v) is 2.76. The summed E-state index contributed by atoms with van der Waals surface area (Å²) in [6.45, 7) is 5.79. The van der Waals surface area contributed by atoms with Gasteiger partial charge >= 0.3 is 5.97 Å². The molecule has 0 spiro atoms. The number of rotatable bonds is 7. The number of benzene rings is 2. The van der Waals surface area contributed by atoms with Gasteiger partial charge in [0.1, 0.15) is 5.75 Å². The lowest BCUT2D eigenvalue weighted by Crippen LogP contribution is -2.22. The molecule has 0 aliphatic carbocycles. The summed E-state index contributed by atoms with van der Waals surface area (Å²) in [7, 11) is 0. The van der Waals surface area contributed by atoms with Crippen molar-refractivity contribution in [2.75, 3.05) is 6.54 Å². The molecule has 0 aromatic heterocycles. The fourth-order valence-electron chi connectivity index (χ4n) is 2.76. The van der Waals surface area contributed by atoms with Gasteiger partial charge in [-0.25, -0.2) is 0 Å². The molecular formula is C22H25NO3. The van der Waals surface area contributed by atoms with Crippen molar-refractivity contribution in [2.24, 2.45) is 0 Å². The van der Waals surface area contributed by atoms with Gasteiger partial charge in [0.15, 0.2) is 0 Å². The molecule has 1 amide bonds. The molecule has 4 heteroatoms. The summed E-state index contributed by atoms with van der Waals surface area (Å²) in [5, 5.41) is 2.89. The summed E-state index contributed by atoms with van der Waals surface area (Å²) in [6, 6.07) is 14.0. The molecule has 4 nitrogen and oxygen atoms in total. The van der Waals surface area contributed by atoms with Crippen LogP contribution < -0.4 is 10.1 Å². The average molecular weight is 351 g/mol. The Bertz CT molecular complexity index is 771. The van der Waals surface area contributed by atoms with Gasteiger partial charge in [-0.05, 0) is 67.2 Å². The highest BCUT2D eigenvalue weighted by Gasteiger charge is 2.08. The molecular weight excluding hydrogens is 326 g/mol. The maximum atomic E-state index is 11.9. The topological polar surface area (TPSA) is 55.4 Å². The van der Waals surface area contributed by atoms with E-state index >= 15 is 0 Å². The first-order valence-corrected chi connectivity index (χ1v) is 8.75. The summed E-state index contributed by atoms with van der Waals surface area (Å²) in [4.78, 5) is 23.1. The maximum Gasteiger partial charge on any atom is 0.308 e. The minimum absolute atomic E-state index is 0.113. The Hall–Kier alpha value is -2.88. The predicted octanol–water partition coefficient (Wildman–Crippen LogP) is 3.99. The zero-order chi connectivity index (χ0) is 18.9. The van der Waals surface area contributed by atoms with E-state index in [4.69, 9.17) is 4.74 Å². The zero-order valence-corrected chi connectivity index (χ0v) is 15.5. The van der Waals surface area contributed by atoms with E-state index in [0.29, 0.717) is 12.3 Å². The van der Waals surface area contributed by atoms with E-state index in [-0.39, 0.29) is 11.9 Å². The van der Waals surface area contributed by atoms with E-state index in [1.54, 1.807) is 6.08 Å². The lowest BCUT2D eigenvalue weighted by molar-refractivity contribution is -0.132. The number of nitrogens with one attached hydrogen (secondary N) is 1. The van der Waals surface area contributed by atoms with E-state index in [1.807, 2.05) is 44.2 Å². The van der Waals surface area contributed by atoms with Gasteiger partial charge in [-0.2, -0.15) is 0 Å². The average Bonchev–Trinajstić information content (AvgIpc) is 2.61. The molecule has 0 heterocycles. The van der Waals surface area contributed by atoms with Crippen molar-refractivity contribution in [3.05, 3.63) is 70.8 Å². The van der Waals surface area contributed by atoms with E-state index in [2.05, 4.69) is 17.4 Å². The molecule has 0 aliphatic heterocycles. The summed E-state index contributed by atoms with van der Waals surface area (Å²) < 4.78 is 5.22. The number of aryl methyl sites for hydroxylation is 3. The molecule has 0 bridgehead atoms. The lowest BCUT2D eigenvalue weighted by Gasteiger charge is -2.10. The Morgan fingerprint density at radius 3 is 2.35 bits per heavy atom. The maximum absolute atomic E-state index is 11.9. The molecule has 0 fully saturated rings. The standard InChI is InChI=1S/C22H25NO3/c1-16-14-20(15-17(2)22(16)26-18(3)24)11-12-21(25)23-13-7-10-19-8-5-4-6-9-19/h4-6,8-9,11-12,14-15H,7,10,13H2,1-3H3,(H,23,25)/b12-11+. The molecule has 0 saturated carbocycles. The van der Waals surface area contributed by atoms with Crippen molar-refractivity contribution < 1.29 is 14.3 Å². The van der Waals surface area contributed by atoms with Crippen molar-refractivity contribution in [2.45, 2.75) is 33.6 Å². The summed E-state index contributed by atoms with van der Waals surface area (Å²) in [5.41, 5.74) is 3.90. The number of ether oxygens (including phenoxy) is 1. The summed E-state index contributed by atoms with van der Waals surface area (Å²) >= 11 is 0. The third kappa shape index (κ3) is 6.20. The van der Waals surface area contributed by atoms with Crippen LogP contribution in [0, 0.1) is 13.8 Å². The summed E-state index contributed by atoms with van der Waals surface area (Å²) in [5.74, 6) is 0.131. The first kappa shape index (κ1) is 19.4. The van der Waals surface area contributed by atoms with Crippen molar-refractivity contribution in [3.8, 4) is 5.75 Å². The lowest BCUT2D eigenvalue weighted by atomic mass is 10.1. The fraction of sp³-hybridized carbons (Fsp3) is 0.273. The smallest absolute Gasteiger partial charge is 0.308 e. The molecule has 2 rings (SSSR count). The number of carbonyl (C=O) groups is 2. The SMILES string of the molecule is CC(=O)Oc1c(C)cc(/C=C/C(=O)NCCCc2ccccc2)cc1C. The highest BCUT2D eigenvalue weighted by atomic mass is 16.5. The van der Waals surface area contributed by atoms with Gasteiger partial charge in [0.25, 0.3) is 0 Å². The second-order valence-electron chi connectivity index (χ2n) is 6.29. The van der Waals surface area contributed by atoms with Crippen LogP contribution in [0.2, 0.25) is 0 Å². The van der Waals surface area contributed by atoms with Gasteiger partial charge in [-0.15, -0.1) is 0 Å². The van der Waals surface area contributed by atoms with Gasteiger partial charge < -0.3 is 10.1 Å². The van der Waals surface area contributed by atoms with Crippen molar-refractivity contribution in [1.29, 1.82) is 0 Å². The van der Waals surface area contributed by atoms with Crippen molar-refractivity contribution in [3.63, 3.8) is 0 Å². The Kier molecular flexibility index (Phi) is 7.15. The van der Waals surface area contributed by atoms with E-state index < -0.39 is 0 Å². The van der Waals surface area contributed by atoms with Gasteiger partial charge in [0.2, 0.25) is 5.91 Å². The van der Waals surface area contributed by atoms with Crippen molar-refractivity contribution in [1.82, 2.24) is 5.32 Å². The first-order valence-electron chi connectivity index (χ1n) is 8.75. The number of hydrogen-bond donors (Lipinski definition) is 1. The normalized spacial score (nSPS) is 10.7. The predicted molar refractivity (Wildman–Crippen MR) is 104 cm³/mol. The van der Waals surface area contributed by atoms with E-state index in [1.165, 1.54) is 18.6 Å².